The summed E-state index contributed by atoms with van der Waals surface area (Å²) in [7, 11) is 0. The van der Waals surface area contributed by atoms with Gasteiger partial charge in [-0.3, -0.25) is 4.79 Å². The van der Waals surface area contributed by atoms with Gasteiger partial charge in [0.2, 0.25) is 5.91 Å². The summed E-state index contributed by atoms with van der Waals surface area (Å²) < 4.78 is 0. The number of carbonyl (C=O) groups excluding carboxylic acids is 1. The van der Waals surface area contributed by atoms with Crippen molar-refractivity contribution in [3.8, 4) is 0 Å². The first-order valence-electron chi connectivity index (χ1n) is 5.86. The molecule has 0 aromatic heterocycles. The van der Waals surface area contributed by atoms with Crippen molar-refractivity contribution in [1.82, 2.24) is 5.32 Å². The fourth-order valence-corrected chi connectivity index (χ4v) is 2.23. The quantitative estimate of drug-likeness (QED) is 0.788. The second-order valence-electron chi connectivity index (χ2n) is 4.40. The molecule has 1 fully saturated rings. The average Bonchev–Trinajstić information content (AvgIpc) is 2.32. The first kappa shape index (κ1) is 11.9. The van der Waals surface area contributed by atoms with Crippen LogP contribution in [0.3, 0.4) is 0 Å². The first-order valence-corrected chi connectivity index (χ1v) is 5.86. The molecule has 17 heavy (non-hydrogen) atoms. The maximum absolute atomic E-state index is 11.7. The van der Waals surface area contributed by atoms with Gasteiger partial charge in [0.05, 0.1) is 6.61 Å². The van der Waals surface area contributed by atoms with Crippen LogP contribution in [-0.4, -0.2) is 36.8 Å². The minimum atomic E-state index is -0.468. The monoisotopic (exact) mass is 234 g/mol. The SMILES string of the molecule is Cc1cccc(N2CCNC(=O)C2CO)c1C. The van der Waals surface area contributed by atoms with E-state index in [0.717, 1.165) is 12.2 Å². The van der Waals surface area contributed by atoms with Crippen LogP contribution in [-0.2, 0) is 4.79 Å². The number of carbonyl (C=O) groups is 1. The minimum Gasteiger partial charge on any atom is -0.394 e. The number of aryl methyl sites for hydroxylation is 1. The molecule has 4 heteroatoms. The summed E-state index contributed by atoms with van der Waals surface area (Å²) >= 11 is 0. The molecule has 2 rings (SSSR count). The number of nitrogens with zero attached hydrogens (tertiary/aromatic N) is 1. The lowest BCUT2D eigenvalue weighted by Gasteiger charge is -2.36. The van der Waals surface area contributed by atoms with Gasteiger partial charge in [-0.1, -0.05) is 12.1 Å². The number of aliphatic hydroxyl groups excluding tert-OH is 1. The summed E-state index contributed by atoms with van der Waals surface area (Å²) in [5.74, 6) is -0.0975. The summed E-state index contributed by atoms with van der Waals surface area (Å²) in [6, 6.07) is 5.57. The zero-order valence-corrected chi connectivity index (χ0v) is 10.2. The molecular weight excluding hydrogens is 216 g/mol. The molecule has 1 heterocycles. The Morgan fingerprint density at radius 3 is 2.94 bits per heavy atom. The van der Waals surface area contributed by atoms with Crippen molar-refractivity contribution in [2.45, 2.75) is 19.9 Å². The highest BCUT2D eigenvalue weighted by molar-refractivity contribution is 5.87. The molecule has 4 nitrogen and oxygen atoms in total. The van der Waals surface area contributed by atoms with Crippen molar-refractivity contribution >= 4 is 11.6 Å². The van der Waals surface area contributed by atoms with E-state index in [4.69, 9.17) is 0 Å². The van der Waals surface area contributed by atoms with Crippen molar-refractivity contribution in [2.75, 3.05) is 24.6 Å². The van der Waals surface area contributed by atoms with Crippen molar-refractivity contribution < 1.29 is 9.90 Å². The van der Waals surface area contributed by atoms with E-state index in [-0.39, 0.29) is 12.5 Å². The smallest absolute Gasteiger partial charge is 0.245 e. The van der Waals surface area contributed by atoms with E-state index < -0.39 is 6.04 Å². The van der Waals surface area contributed by atoms with Crippen LogP contribution < -0.4 is 10.2 Å². The van der Waals surface area contributed by atoms with Gasteiger partial charge in [-0.25, -0.2) is 0 Å². The summed E-state index contributed by atoms with van der Waals surface area (Å²) in [5, 5.41) is 12.1. The van der Waals surface area contributed by atoms with Crippen LogP contribution >= 0.6 is 0 Å². The van der Waals surface area contributed by atoms with E-state index in [9.17, 15) is 9.90 Å². The second-order valence-corrected chi connectivity index (χ2v) is 4.40. The molecule has 0 aliphatic carbocycles. The van der Waals surface area contributed by atoms with E-state index in [1.165, 1.54) is 11.1 Å². The van der Waals surface area contributed by atoms with E-state index in [1.54, 1.807) is 0 Å². The van der Waals surface area contributed by atoms with Gasteiger partial charge in [-0.2, -0.15) is 0 Å². The van der Waals surface area contributed by atoms with Gasteiger partial charge in [-0.05, 0) is 31.0 Å². The predicted octanol–water partition coefficient (Wildman–Crippen LogP) is 0.601. The zero-order chi connectivity index (χ0) is 12.4. The van der Waals surface area contributed by atoms with Crippen LogP contribution in [0.4, 0.5) is 5.69 Å². The van der Waals surface area contributed by atoms with Crippen LogP contribution in [0.25, 0.3) is 0 Å². The van der Waals surface area contributed by atoms with Crippen LogP contribution in [0, 0.1) is 13.8 Å². The number of piperazine rings is 1. The lowest BCUT2D eigenvalue weighted by atomic mass is 10.0. The van der Waals surface area contributed by atoms with Crippen molar-refractivity contribution in [1.29, 1.82) is 0 Å². The molecule has 1 aromatic rings. The largest absolute Gasteiger partial charge is 0.394 e. The average molecular weight is 234 g/mol. The number of rotatable bonds is 2. The van der Waals surface area contributed by atoms with E-state index >= 15 is 0 Å². The second kappa shape index (κ2) is 4.75. The maximum Gasteiger partial charge on any atom is 0.245 e. The molecule has 1 amide bonds. The Morgan fingerprint density at radius 1 is 1.47 bits per heavy atom. The number of nitrogens with one attached hydrogen (secondary N) is 1. The standard InChI is InChI=1S/C13H18N2O2/c1-9-4-3-5-11(10(9)2)15-7-6-14-13(17)12(15)8-16/h3-5,12,16H,6-8H2,1-2H3,(H,14,17). The van der Waals surface area contributed by atoms with E-state index in [0.29, 0.717) is 6.54 Å². The molecule has 0 bridgehead atoms. The number of benzene rings is 1. The Kier molecular flexibility index (Phi) is 3.33. The third-order valence-electron chi connectivity index (χ3n) is 3.39. The summed E-state index contributed by atoms with van der Waals surface area (Å²) in [6.45, 7) is 5.31. The van der Waals surface area contributed by atoms with E-state index in [2.05, 4.69) is 18.3 Å². The van der Waals surface area contributed by atoms with Crippen LogP contribution in [0.15, 0.2) is 18.2 Å². The predicted molar refractivity (Wildman–Crippen MR) is 67.1 cm³/mol. The Balaban J connectivity index is 2.37. The van der Waals surface area contributed by atoms with Gasteiger partial charge in [0.1, 0.15) is 6.04 Å². The molecule has 0 radical (unpaired) electrons. The summed E-state index contributed by atoms with van der Waals surface area (Å²) in [6.07, 6.45) is 0. The lowest BCUT2D eigenvalue weighted by Crippen LogP contribution is -2.57. The van der Waals surface area contributed by atoms with Gasteiger partial charge in [0.25, 0.3) is 0 Å². The third-order valence-corrected chi connectivity index (χ3v) is 3.39. The van der Waals surface area contributed by atoms with E-state index in [1.807, 2.05) is 24.0 Å². The Hall–Kier alpha value is -1.55. The van der Waals surface area contributed by atoms with Crippen LogP contribution in [0.5, 0.6) is 0 Å². The molecule has 1 atom stereocenters. The normalized spacial score (nSPS) is 20.3. The molecular formula is C13H18N2O2. The topological polar surface area (TPSA) is 52.6 Å². The van der Waals surface area contributed by atoms with Crippen molar-refractivity contribution in [2.24, 2.45) is 0 Å². The maximum atomic E-state index is 11.7. The molecule has 92 valence electrons. The fourth-order valence-electron chi connectivity index (χ4n) is 2.23. The Bertz CT molecular complexity index is 431. The summed E-state index contributed by atoms with van der Waals surface area (Å²) in [5.41, 5.74) is 3.41. The zero-order valence-electron chi connectivity index (χ0n) is 10.2. The Labute approximate surface area is 101 Å². The number of hydrogen-bond donors (Lipinski definition) is 2. The van der Waals surface area contributed by atoms with Crippen LogP contribution in [0.1, 0.15) is 11.1 Å². The van der Waals surface area contributed by atoms with Crippen molar-refractivity contribution in [3.05, 3.63) is 29.3 Å². The number of aliphatic hydroxyl groups is 1. The van der Waals surface area contributed by atoms with Crippen LogP contribution in [0.2, 0.25) is 0 Å². The number of amides is 1. The molecule has 1 aliphatic heterocycles. The minimum absolute atomic E-state index is 0.0975. The van der Waals surface area contributed by atoms with Gasteiger partial charge < -0.3 is 15.3 Å². The Morgan fingerprint density at radius 2 is 2.24 bits per heavy atom. The lowest BCUT2D eigenvalue weighted by molar-refractivity contribution is -0.124. The molecule has 0 spiro atoms. The number of hydrogen-bond acceptors (Lipinski definition) is 3. The highest BCUT2D eigenvalue weighted by atomic mass is 16.3. The van der Waals surface area contributed by atoms with Gasteiger partial charge in [0, 0.05) is 18.8 Å². The first-order chi connectivity index (χ1) is 8.15. The number of anilines is 1. The van der Waals surface area contributed by atoms with Gasteiger partial charge in [-0.15, -0.1) is 0 Å². The molecule has 0 saturated carbocycles. The molecule has 1 saturated heterocycles. The highest BCUT2D eigenvalue weighted by Crippen LogP contribution is 2.25. The molecule has 2 N–H and O–H groups in total. The molecule has 1 aliphatic rings. The highest BCUT2D eigenvalue weighted by Gasteiger charge is 2.29. The molecule has 1 unspecified atom stereocenters. The van der Waals surface area contributed by atoms with Gasteiger partial charge >= 0.3 is 0 Å². The molecule has 1 aromatic carbocycles. The van der Waals surface area contributed by atoms with Crippen molar-refractivity contribution in [3.63, 3.8) is 0 Å². The summed E-state index contributed by atoms with van der Waals surface area (Å²) in [4.78, 5) is 13.7. The van der Waals surface area contributed by atoms with Gasteiger partial charge in [0.15, 0.2) is 0 Å². The third kappa shape index (κ3) is 2.13. The fraction of sp³-hybridized carbons (Fsp3) is 0.462.